The number of carbonyl (C=O) groups excluding carboxylic acids is 1. The Bertz CT molecular complexity index is 658. The second kappa shape index (κ2) is 6.09. The summed E-state index contributed by atoms with van der Waals surface area (Å²) in [6.07, 6.45) is 0.667. The van der Waals surface area contributed by atoms with Crippen LogP contribution in [0.4, 0.5) is 4.39 Å². The molecule has 0 aliphatic rings. The number of aryl methyl sites for hydroxylation is 2. The highest BCUT2D eigenvalue weighted by atomic mass is 35.5. The molecule has 0 saturated heterocycles. The number of hydrogen-bond donors (Lipinski definition) is 0. The lowest BCUT2D eigenvalue weighted by atomic mass is 10.0. The minimum absolute atomic E-state index is 0.00219. The Morgan fingerprint density at radius 2 is 2.10 bits per heavy atom. The van der Waals surface area contributed by atoms with Crippen molar-refractivity contribution < 1.29 is 9.18 Å². The fraction of sp³-hybridized carbons (Fsp3) is 0.267. The lowest BCUT2D eigenvalue weighted by molar-refractivity contribution is 0.0991. The van der Waals surface area contributed by atoms with E-state index in [2.05, 4.69) is 10.2 Å². The Kier molecular flexibility index (Phi) is 4.45. The van der Waals surface area contributed by atoms with Gasteiger partial charge in [-0.3, -0.25) is 4.79 Å². The predicted octanol–water partition coefficient (Wildman–Crippen LogP) is 3.57. The van der Waals surface area contributed by atoms with Crippen LogP contribution in [0.15, 0.2) is 24.3 Å². The summed E-state index contributed by atoms with van der Waals surface area (Å²) in [5.41, 5.74) is 2.33. The lowest BCUT2D eigenvalue weighted by Crippen LogP contribution is -2.10. The first kappa shape index (κ1) is 14.6. The van der Waals surface area contributed by atoms with Gasteiger partial charge in [-0.05, 0) is 31.0 Å². The molecule has 0 bridgehead atoms. The maximum atomic E-state index is 13.4. The van der Waals surface area contributed by atoms with Crippen LogP contribution in [0.1, 0.15) is 34.2 Å². The van der Waals surface area contributed by atoms with E-state index < -0.39 is 5.82 Å². The maximum absolute atomic E-state index is 13.4. The largest absolute Gasteiger partial charge is 0.294 e. The van der Waals surface area contributed by atoms with Gasteiger partial charge in [0.25, 0.3) is 0 Å². The summed E-state index contributed by atoms with van der Waals surface area (Å²) in [4.78, 5) is 12.4. The molecule has 5 heteroatoms. The molecule has 1 aromatic heterocycles. The monoisotopic (exact) mass is 292 g/mol. The number of halogens is 2. The second-order valence-electron chi connectivity index (χ2n) is 4.51. The summed E-state index contributed by atoms with van der Waals surface area (Å²) >= 11 is 5.87. The van der Waals surface area contributed by atoms with Gasteiger partial charge in [-0.15, -0.1) is 0 Å². The van der Waals surface area contributed by atoms with E-state index in [0.29, 0.717) is 28.9 Å². The van der Waals surface area contributed by atoms with Gasteiger partial charge in [-0.2, -0.15) is 10.2 Å². The summed E-state index contributed by atoms with van der Waals surface area (Å²) in [6, 6.07) is 6.17. The van der Waals surface area contributed by atoms with Gasteiger partial charge in [-0.1, -0.05) is 30.7 Å². The van der Waals surface area contributed by atoms with Crippen molar-refractivity contribution in [2.45, 2.75) is 26.7 Å². The normalized spacial score (nSPS) is 10.6. The van der Waals surface area contributed by atoms with E-state index in [-0.39, 0.29) is 17.2 Å². The minimum atomic E-state index is -0.517. The minimum Gasteiger partial charge on any atom is -0.294 e. The third-order valence-corrected chi connectivity index (χ3v) is 3.43. The molecular formula is C15H14ClFN2O. The van der Waals surface area contributed by atoms with E-state index in [1.807, 2.05) is 6.92 Å². The first-order valence-electron chi connectivity index (χ1n) is 6.32. The van der Waals surface area contributed by atoms with Gasteiger partial charge in [0.1, 0.15) is 5.82 Å². The Hall–Kier alpha value is -1.81. The number of benzene rings is 1. The van der Waals surface area contributed by atoms with Crippen LogP contribution < -0.4 is 0 Å². The first-order chi connectivity index (χ1) is 9.52. The summed E-state index contributed by atoms with van der Waals surface area (Å²) in [6.45, 7) is 3.68. The van der Waals surface area contributed by atoms with Crippen LogP contribution in [-0.2, 0) is 12.8 Å². The molecular weight excluding hydrogens is 279 g/mol. The van der Waals surface area contributed by atoms with E-state index in [1.165, 1.54) is 6.07 Å². The van der Waals surface area contributed by atoms with Gasteiger partial charge in [-0.25, -0.2) is 4.39 Å². The number of aromatic nitrogens is 2. The third kappa shape index (κ3) is 3.02. The molecule has 0 fully saturated rings. The molecule has 0 amide bonds. The number of rotatable bonds is 4. The Morgan fingerprint density at radius 3 is 2.80 bits per heavy atom. The average Bonchev–Trinajstić information content (AvgIpc) is 2.43. The molecule has 104 valence electrons. The van der Waals surface area contributed by atoms with Crippen molar-refractivity contribution in [1.29, 1.82) is 0 Å². The van der Waals surface area contributed by atoms with Crippen LogP contribution >= 0.6 is 11.6 Å². The summed E-state index contributed by atoms with van der Waals surface area (Å²) in [7, 11) is 0. The van der Waals surface area contributed by atoms with Crippen LogP contribution in [0, 0.1) is 12.7 Å². The molecule has 2 aromatic rings. The third-order valence-electron chi connectivity index (χ3n) is 3.01. The molecule has 0 N–H and O–H groups in total. The topological polar surface area (TPSA) is 42.9 Å². The van der Waals surface area contributed by atoms with E-state index in [9.17, 15) is 9.18 Å². The Balaban J connectivity index is 2.33. The van der Waals surface area contributed by atoms with Gasteiger partial charge in [0.05, 0.1) is 16.4 Å². The number of ketones is 1. The van der Waals surface area contributed by atoms with E-state index in [0.717, 1.165) is 0 Å². The molecule has 1 aromatic carbocycles. The Morgan fingerprint density at radius 1 is 1.35 bits per heavy atom. The smallest absolute Gasteiger partial charge is 0.169 e. The number of hydrogen-bond acceptors (Lipinski definition) is 3. The van der Waals surface area contributed by atoms with Crippen molar-refractivity contribution in [2.24, 2.45) is 0 Å². The van der Waals surface area contributed by atoms with E-state index in [4.69, 9.17) is 11.6 Å². The number of Topliss-reactive ketones (excluding diaryl/α,β-unsaturated/α-hetero) is 1. The van der Waals surface area contributed by atoms with Crippen molar-refractivity contribution in [3.05, 3.63) is 57.6 Å². The van der Waals surface area contributed by atoms with Crippen LogP contribution in [0.2, 0.25) is 5.02 Å². The van der Waals surface area contributed by atoms with Gasteiger partial charge in [0, 0.05) is 12.0 Å². The highest BCUT2D eigenvalue weighted by molar-refractivity contribution is 6.31. The molecule has 0 aliphatic heterocycles. The summed E-state index contributed by atoms with van der Waals surface area (Å²) in [5, 5.41) is 7.96. The van der Waals surface area contributed by atoms with Crippen LogP contribution in [0.5, 0.6) is 0 Å². The Labute approximate surface area is 121 Å². The molecule has 3 nitrogen and oxygen atoms in total. The van der Waals surface area contributed by atoms with Crippen molar-refractivity contribution in [3.8, 4) is 0 Å². The zero-order chi connectivity index (χ0) is 14.7. The van der Waals surface area contributed by atoms with Crippen LogP contribution in [0.25, 0.3) is 0 Å². The second-order valence-corrected chi connectivity index (χ2v) is 4.89. The molecule has 1 heterocycles. The fourth-order valence-electron chi connectivity index (χ4n) is 1.97. The van der Waals surface area contributed by atoms with Gasteiger partial charge in [0.2, 0.25) is 0 Å². The van der Waals surface area contributed by atoms with Crippen LogP contribution in [-0.4, -0.2) is 16.0 Å². The summed E-state index contributed by atoms with van der Waals surface area (Å²) in [5.74, 6) is -0.649. The van der Waals surface area contributed by atoms with Gasteiger partial charge in [0.15, 0.2) is 5.78 Å². The zero-order valence-electron chi connectivity index (χ0n) is 11.3. The molecule has 20 heavy (non-hydrogen) atoms. The average molecular weight is 293 g/mol. The summed E-state index contributed by atoms with van der Waals surface area (Å²) < 4.78 is 13.4. The predicted molar refractivity (Wildman–Crippen MR) is 75.6 cm³/mol. The molecule has 0 aliphatic carbocycles. The molecule has 0 unspecified atom stereocenters. The number of carbonyl (C=O) groups is 1. The molecule has 0 saturated carbocycles. The number of nitrogens with zero attached hydrogens (tertiary/aromatic N) is 2. The van der Waals surface area contributed by atoms with Crippen molar-refractivity contribution in [3.63, 3.8) is 0 Å². The SMILES string of the molecule is CCc1nnc(C)cc1C(=O)Cc1cccc(F)c1Cl. The zero-order valence-corrected chi connectivity index (χ0v) is 12.0. The first-order valence-corrected chi connectivity index (χ1v) is 6.70. The lowest BCUT2D eigenvalue weighted by Gasteiger charge is -2.08. The van der Waals surface area contributed by atoms with Gasteiger partial charge < -0.3 is 0 Å². The van der Waals surface area contributed by atoms with Crippen molar-refractivity contribution in [2.75, 3.05) is 0 Å². The standard InChI is InChI=1S/C15H14ClFN2O/c1-3-13-11(7-9(2)18-19-13)14(20)8-10-5-4-6-12(17)15(10)16/h4-7H,3,8H2,1-2H3. The molecule has 0 radical (unpaired) electrons. The van der Waals surface area contributed by atoms with E-state index in [1.54, 1.807) is 25.1 Å². The quantitative estimate of drug-likeness (QED) is 0.809. The highest BCUT2D eigenvalue weighted by Crippen LogP contribution is 2.22. The van der Waals surface area contributed by atoms with Crippen molar-refractivity contribution in [1.82, 2.24) is 10.2 Å². The van der Waals surface area contributed by atoms with Gasteiger partial charge >= 0.3 is 0 Å². The highest BCUT2D eigenvalue weighted by Gasteiger charge is 2.16. The molecule has 2 rings (SSSR count). The fourth-order valence-corrected chi connectivity index (χ4v) is 2.16. The molecule has 0 atom stereocenters. The maximum Gasteiger partial charge on any atom is 0.169 e. The molecule has 0 spiro atoms. The van der Waals surface area contributed by atoms with Crippen LogP contribution in [0.3, 0.4) is 0 Å². The van der Waals surface area contributed by atoms with E-state index >= 15 is 0 Å². The van der Waals surface area contributed by atoms with Crippen molar-refractivity contribution >= 4 is 17.4 Å².